The van der Waals surface area contributed by atoms with Crippen LogP contribution in [0.3, 0.4) is 0 Å². The molecule has 6 heteroatoms. The van der Waals surface area contributed by atoms with E-state index >= 15 is 0 Å². The molecule has 4 N–H and O–H groups in total. The van der Waals surface area contributed by atoms with Crippen LogP contribution in [0.2, 0.25) is 0 Å². The average molecular weight is 318 g/mol. The van der Waals surface area contributed by atoms with Gasteiger partial charge in [-0.25, -0.2) is 0 Å². The highest BCUT2D eigenvalue weighted by Gasteiger charge is 2.27. The minimum atomic E-state index is 0. The van der Waals surface area contributed by atoms with Crippen molar-refractivity contribution < 1.29 is 9.59 Å². The van der Waals surface area contributed by atoms with Crippen LogP contribution in [0.1, 0.15) is 57.8 Å². The predicted octanol–water partition coefficient (Wildman–Crippen LogP) is 1.49. The molecule has 5 nitrogen and oxygen atoms in total. The van der Waals surface area contributed by atoms with Gasteiger partial charge < -0.3 is 16.4 Å². The molecule has 2 aliphatic rings. The zero-order valence-corrected chi connectivity index (χ0v) is 13.4. The number of amides is 2. The van der Waals surface area contributed by atoms with Gasteiger partial charge in [0.25, 0.3) is 0 Å². The summed E-state index contributed by atoms with van der Waals surface area (Å²) in [6.45, 7) is 0.434. The van der Waals surface area contributed by atoms with E-state index in [1.807, 2.05) is 0 Å². The smallest absolute Gasteiger partial charge is 0.223 e. The molecule has 2 aliphatic carbocycles. The fourth-order valence-corrected chi connectivity index (χ4v) is 3.24. The second-order valence-corrected chi connectivity index (χ2v) is 6.21. The van der Waals surface area contributed by atoms with E-state index in [0.29, 0.717) is 19.0 Å². The first-order valence-corrected chi connectivity index (χ1v) is 7.98. The first-order chi connectivity index (χ1) is 9.65. The molecule has 122 valence electrons. The van der Waals surface area contributed by atoms with Crippen molar-refractivity contribution in [2.75, 3.05) is 6.54 Å². The van der Waals surface area contributed by atoms with E-state index in [2.05, 4.69) is 10.6 Å². The van der Waals surface area contributed by atoms with Crippen LogP contribution in [0, 0.1) is 5.92 Å². The minimum absolute atomic E-state index is 0. The molecule has 2 rings (SSSR count). The lowest BCUT2D eigenvalue weighted by molar-refractivity contribution is -0.125. The van der Waals surface area contributed by atoms with E-state index in [4.69, 9.17) is 5.73 Å². The highest BCUT2D eigenvalue weighted by Crippen LogP contribution is 2.23. The van der Waals surface area contributed by atoms with Crippen LogP contribution in [-0.4, -0.2) is 30.4 Å². The van der Waals surface area contributed by atoms with Crippen LogP contribution in [0.15, 0.2) is 0 Å². The lowest BCUT2D eigenvalue weighted by Gasteiger charge is -2.22. The van der Waals surface area contributed by atoms with Crippen molar-refractivity contribution in [2.24, 2.45) is 11.7 Å². The van der Waals surface area contributed by atoms with Gasteiger partial charge >= 0.3 is 0 Å². The summed E-state index contributed by atoms with van der Waals surface area (Å²) in [5.41, 5.74) is 5.80. The predicted molar refractivity (Wildman–Crippen MR) is 85.2 cm³/mol. The summed E-state index contributed by atoms with van der Waals surface area (Å²) in [5.74, 6) is 0.162. The normalized spacial score (nSPS) is 26.0. The lowest BCUT2D eigenvalue weighted by atomic mass is 9.95. The summed E-state index contributed by atoms with van der Waals surface area (Å²) < 4.78 is 0. The van der Waals surface area contributed by atoms with Crippen molar-refractivity contribution in [1.82, 2.24) is 10.6 Å². The first-order valence-electron chi connectivity index (χ1n) is 7.98. The van der Waals surface area contributed by atoms with Crippen molar-refractivity contribution in [2.45, 2.75) is 69.9 Å². The molecule has 21 heavy (non-hydrogen) atoms. The third kappa shape index (κ3) is 6.22. The standard InChI is InChI=1S/C15H27N3O2.ClH/c16-12-7-6-11(10-12)15(20)17-9-8-14(19)18-13-4-2-1-3-5-13;/h11-13H,1-10,16H2,(H,17,20)(H,18,19);1H. The molecule has 0 spiro atoms. The van der Waals surface area contributed by atoms with E-state index in [9.17, 15) is 9.59 Å². The monoisotopic (exact) mass is 317 g/mol. The van der Waals surface area contributed by atoms with Gasteiger partial charge in [-0.05, 0) is 32.1 Å². The molecular weight excluding hydrogens is 290 g/mol. The number of nitrogens with one attached hydrogen (secondary N) is 2. The average Bonchev–Trinajstić information content (AvgIpc) is 2.86. The molecule has 2 saturated carbocycles. The van der Waals surface area contributed by atoms with E-state index in [-0.39, 0.29) is 36.2 Å². The summed E-state index contributed by atoms with van der Waals surface area (Å²) in [7, 11) is 0. The molecule has 2 unspecified atom stereocenters. The van der Waals surface area contributed by atoms with Crippen molar-refractivity contribution in [3.05, 3.63) is 0 Å². The molecule has 2 amide bonds. The van der Waals surface area contributed by atoms with Crippen LogP contribution in [0.4, 0.5) is 0 Å². The van der Waals surface area contributed by atoms with Crippen molar-refractivity contribution in [3.63, 3.8) is 0 Å². The van der Waals surface area contributed by atoms with Gasteiger partial charge in [0.1, 0.15) is 0 Å². The lowest BCUT2D eigenvalue weighted by Crippen LogP contribution is -2.39. The van der Waals surface area contributed by atoms with E-state index in [0.717, 1.165) is 32.1 Å². The number of halogens is 1. The second-order valence-electron chi connectivity index (χ2n) is 6.21. The van der Waals surface area contributed by atoms with E-state index < -0.39 is 0 Å². The number of hydrogen-bond donors (Lipinski definition) is 3. The van der Waals surface area contributed by atoms with E-state index in [1.165, 1.54) is 19.3 Å². The number of nitrogens with two attached hydrogens (primary N) is 1. The Labute approximate surface area is 133 Å². The fraction of sp³-hybridized carbons (Fsp3) is 0.867. The van der Waals surface area contributed by atoms with Gasteiger partial charge in [0.15, 0.2) is 0 Å². The molecule has 0 aromatic carbocycles. The van der Waals surface area contributed by atoms with Crippen molar-refractivity contribution in [1.29, 1.82) is 0 Å². The highest BCUT2D eigenvalue weighted by molar-refractivity contribution is 5.85. The van der Waals surface area contributed by atoms with Gasteiger partial charge in [-0.2, -0.15) is 0 Å². The van der Waals surface area contributed by atoms with Crippen LogP contribution >= 0.6 is 12.4 Å². The Kier molecular flexibility index (Phi) is 8.04. The van der Waals surface area contributed by atoms with Crippen LogP contribution in [0.25, 0.3) is 0 Å². The van der Waals surface area contributed by atoms with Gasteiger partial charge in [-0.1, -0.05) is 19.3 Å². The Morgan fingerprint density at radius 2 is 1.76 bits per heavy atom. The van der Waals surface area contributed by atoms with Gasteiger partial charge in [0.05, 0.1) is 0 Å². The molecule has 0 aliphatic heterocycles. The molecule has 2 atom stereocenters. The number of hydrogen-bond acceptors (Lipinski definition) is 3. The molecule has 0 bridgehead atoms. The first kappa shape index (κ1) is 18.2. The Bertz CT molecular complexity index is 346. The maximum Gasteiger partial charge on any atom is 0.223 e. The quantitative estimate of drug-likeness (QED) is 0.718. The topological polar surface area (TPSA) is 84.2 Å². The van der Waals surface area contributed by atoms with Gasteiger partial charge in [-0.15, -0.1) is 12.4 Å². The molecule has 0 aromatic rings. The molecular formula is C15H28ClN3O2. The van der Waals surface area contributed by atoms with Crippen molar-refractivity contribution >= 4 is 24.2 Å². The fourth-order valence-electron chi connectivity index (χ4n) is 3.24. The zero-order valence-electron chi connectivity index (χ0n) is 12.6. The maximum atomic E-state index is 11.9. The Morgan fingerprint density at radius 1 is 1.05 bits per heavy atom. The number of rotatable bonds is 5. The Hall–Kier alpha value is -0.810. The Morgan fingerprint density at radius 3 is 2.38 bits per heavy atom. The van der Waals surface area contributed by atoms with Crippen molar-refractivity contribution in [3.8, 4) is 0 Å². The Balaban J connectivity index is 0.00000220. The second kappa shape index (κ2) is 9.26. The van der Waals surface area contributed by atoms with Gasteiger partial charge in [0, 0.05) is 31.0 Å². The van der Waals surface area contributed by atoms with E-state index in [1.54, 1.807) is 0 Å². The highest BCUT2D eigenvalue weighted by atomic mass is 35.5. The molecule has 0 saturated heterocycles. The molecule has 2 fully saturated rings. The third-order valence-corrected chi connectivity index (χ3v) is 4.47. The minimum Gasteiger partial charge on any atom is -0.355 e. The zero-order chi connectivity index (χ0) is 14.4. The van der Waals surface area contributed by atoms with Crippen LogP contribution < -0.4 is 16.4 Å². The largest absolute Gasteiger partial charge is 0.355 e. The van der Waals surface area contributed by atoms with Crippen LogP contribution in [0.5, 0.6) is 0 Å². The third-order valence-electron chi connectivity index (χ3n) is 4.47. The maximum absolute atomic E-state index is 11.9. The summed E-state index contributed by atoms with van der Waals surface area (Å²) in [6, 6.07) is 0.514. The number of carbonyl (C=O) groups is 2. The molecule has 0 heterocycles. The number of carbonyl (C=O) groups excluding carboxylic acids is 2. The van der Waals surface area contributed by atoms with Gasteiger partial charge in [-0.3, -0.25) is 9.59 Å². The molecule has 0 aromatic heterocycles. The summed E-state index contributed by atoms with van der Waals surface area (Å²) in [4.78, 5) is 23.6. The summed E-state index contributed by atoms with van der Waals surface area (Å²) >= 11 is 0. The van der Waals surface area contributed by atoms with Crippen LogP contribution in [-0.2, 0) is 9.59 Å². The SMILES string of the molecule is Cl.NC1CCC(C(=O)NCCC(=O)NC2CCCCC2)C1. The summed E-state index contributed by atoms with van der Waals surface area (Å²) in [6.07, 6.45) is 8.86. The summed E-state index contributed by atoms with van der Waals surface area (Å²) in [5, 5.41) is 5.92. The molecule has 0 radical (unpaired) electrons. The van der Waals surface area contributed by atoms with Gasteiger partial charge in [0.2, 0.25) is 11.8 Å².